The average molecular weight is 391 g/mol. The monoisotopic (exact) mass is 391 g/mol. The lowest BCUT2D eigenvalue weighted by Crippen LogP contribution is -2.21. The molecule has 0 bridgehead atoms. The van der Waals surface area contributed by atoms with Gasteiger partial charge in [0.15, 0.2) is 11.6 Å². The van der Waals surface area contributed by atoms with Gasteiger partial charge in [-0.2, -0.15) is 0 Å². The topological polar surface area (TPSA) is 21.3 Å². The summed E-state index contributed by atoms with van der Waals surface area (Å²) in [4.78, 5) is 0. The second-order valence-electron chi connectivity index (χ2n) is 4.07. The van der Waals surface area contributed by atoms with Crippen molar-refractivity contribution in [3.63, 3.8) is 0 Å². The zero-order chi connectivity index (χ0) is 13.8. The van der Waals surface area contributed by atoms with Crippen LogP contribution in [-0.2, 0) is 0 Å². The summed E-state index contributed by atoms with van der Waals surface area (Å²) < 4.78 is 20.0. The van der Waals surface area contributed by atoms with Gasteiger partial charge in [-0.3, -0.25) is 0 Å². The predicted octanol–water partition coefficient (Wildman–Crippen LogP) is 4.20. The molecule has 2 aromatic rings. The Morgan fingerprint density at radius 3 is 2.68 bits per heavy atom. The number of thiophene rings is 1. The zero-order valence-corrected chi connectivity index (χ0v) is 13.7. The van der Waals surface area contributed by atoms with Gasteiger partial charge in [0.05, 0.1) is 16.0 Å². The first kappa shape index (κ1) is 14.7. The predicted molar refractivity (Wildman–Crippen MR) is 85.5 cm³/mol. The Morgan fingerprint density at radius 1 is 1.37 bits per heavy atom. The van der Waals surface area contributed by atoms with Crippen molar-refractivity contribution < 1.29 is 9.13 Å². The highest BCUT2D eigenvalue weighted by molar-refractivity contribution is 14.1. The molecule has 0 saturated carbocycles. The van der Waals surface area contributed by atoms with Gasteiger partial charge in [-0.05, 0) is 63.8 Å². The molecule has 0 saturated heterocycles. The third-order valence-electron chi connectivity index (χ3n) is 2.84. The van der Waals surface area contributed by atoms with E-state index in [1.54, 1.807) is 17.4 Å². The molecular formula is C14H15FINOS. The summed E-state index contributed by atoms with van der Waals surface area (Å²) in [6, 6.07) is 7.26. The molecule has 102 valence electrons. The van der Waals surface area contributed by atoms with Gasteiger partial charge in [0.1, 0.15) is 0 Å². The fraction of sp³-hybridized carbons (Fsp3) is 0.286. The molecule has 1 heterocycles. The van der Waals surface area contributed by atoms with E-state index in [9.17, 15) is 4.39 Å². The molecule has 0 fully saturated rings. The van der Waals surface area contributed by atoms with E-state index < -0.39 is 0 Å². The van der Waals surface area contributed by atoms with Gasteiger partial charge in [-0.25, -0.2) is 4.39 Å². The van der Waals surface area contributed by atoms with Crippen LogP contribution in [0.1, 0.15) is 24.1 Å². The summed E-state index contributed by atoms with van der Waals surface area (Å²) >= 11 is 3.99. The quantitative estimate of drug-likeness (QED) is 0.772. The van der Waals surface area contributed by atoms with Crippen molar-refractivity contribution >= 4 is 33.9 Å². The minimum atomic E-state index is -0.326. The Kier molecular flexibility index (Phi) is 5.18. The van der Waals surface area contributed by atoms with Gasteiger partial charge in [0.2, 0.25) is 0 Å². The first-order chi connectivity index (χ1) is 9.15. The maximum Gasteiger partial charge on any atom is 0.165 e. The molecule has 1 aromatic heterocycles. The number of hydrogen-bond acceptors (Lipinski definition) is 3. The lowest BCUT2D eigenvalue weighted by Gasteiger charge is -2.18. The van der Waals surface area contributed by atoms with Crippen LogP contribution in [0.3, 0.4) is 0 Å². The lowest BCUT2D eigenvalue weighted by atomic mass is 10.0. The van der Waals surface area contributed by atoms with Crippen LogP contribution in [0.15, 0.2) is 29.6 Å². The van der Waals surface area contributed by atoms with Crippen LogP contribution in [0.2, 0.25) is 0 Å². The normalized spacial score (nSPS) is 12.4. The lowest BCUT2D eigenvalue weighted by molar-refractivity contribution is 0.385. The van der Waals surface area contributed by atoms with E-state index in [-0.39, 0.29) is 17.6 Å². The summed E-state index contributed by atoms with van der Waals surface area (Å²) in [5.41, 5.74) is 2.08. The fourth-order valence-electron chi connectivity index (χ4n) is 1.97. The Hall–Kier alpha value is -0.660. The molecule has 0 radical (unpaired) electrons. The maximum atomic E-state index is 13.8. The van der Waals surface area contributed by atoms with Crippen LogP contribution in [-0.4, -0.2) is 13.7 Å². The maximum absolute atomic E-state index is 13.8. The number of ether oxygens (including phenoxy) is 1. The van der Waals surface area contributed by atoms with E-state index in [1.165, 1.54) is 21.6 Å². The van der Waals surface area contributed by atoms with Crippen LogP contribution in [0.5, 0.6) is 5.75 Å². The number of hydrogen-bond donors (Lipinski definition) is 1. The number of benzene rings is 1. The van der Waals surface area contributed by atoms with Crippen LogP contribution in [0.25, 0.3) is 0 Å². The van der Waals surface area contributed by atoms with Crippen LogP contribution < -0.4 is 10.1 Å². The van der Waals surface area contributed by atoms with Crippen molar-refractivity contribution in [2.45, 2.75) is 13.0 Å². The summed E-state index contributed by atoms with van der Waals surface area (Å²) in [5, 5.41) is 5.50. The second kappa shape index (κ2) is 6.67. The van der Waals surface area contributed by atoms with Crippen molar-refractivity contribution in [1.29, 1.82) is 0 Å². The first-order valence-corrected chi connectivity index (χ1v) is 7.92. The molecule has 5 heteroatoms. The third kappa shape index (κ3) is 3.46. The minimum Gasteiger partial charge on any atom is -0.494 e. The van der Waals surface area contributed by atoms with Crippen molar-refractivity contribution in [2.75, 3.05) is 13.7 Å². The van der Waals surface area contributed by atoms with E-state index in [1.807, 2.05) is 13.0 Å². The zero-order valence-electron chi connectivity index (χ0n) is 10.7. The Morgan fingerprint density at radius 2 is 2.16 bits per heavy atom. The van der Waals surface area contributed by atoms with Gasteiger partial charge < -0.3 is 10.1 Å². The molecule has 1 unspecified atom stereocenters. The Balaban J connectivity index is 2.36. The van der Waals surface area contributed by atoms with Crippen LogP contribution in [0, 0.1) is 8.70 Å². The summed E-state index contributed by atoms with van der Waals surface area (Å²) in [6.45, 7) is 2.87. The van der Waals surface area contributed by atoms with Gasteiger partial charge in [0.25, 0.3) is 0 Å². The molecule has 0 aliphatic heterocycles. The summed E-state index contributed by atoms with van der Waals surface area (Å²) in [5.74, 6) is -0.0493. The largest absolute Gasteiger partial charge is 0.494 e. The number of rotatable bonds is 5. The third-order valence-corrected chi connectivity index (χ3v) is 4.65. The van der Waals surface area contributed by atoms with Gasteiger partial charge in [0, 0.05) is 0 Å². The molecule has 1 atom stereocenters. The molecule has 19 heavy (non-hydrogen) atoms. The number of methoxy groups -OCH3 is 1. The minimum absolute atomic E-state index is 0.0187. The van der Waals surface area contributed by atoms with E-state index in [4.69, 9.17) is 4.74 Å². The van der Waals surface area contributed by atoms with Crippen LogP contribution in [0.4, 0.5) is 4.39 Å². The standard InChI is InChI=1S/C14H15FINOS/c1-3-17-14(10-7-13(16)19-8-10)9-4-5-12(18-2)11(15)6-9/h4-8,14,17H,3H2,1-2H3. The Bertz CT molecular complexity index is 558. The van der Waals surface area contributed by atoms with Crippen molar-refractivity contribution in [2.24, 2.45) is 0 Å². The molecule has 0 aliphatic carbocycles. The Labute approximate surface area is 130 Å². The van der Waals surface area contributed by atoms with Gasteiger partial charge >= 0.3 is 0 Å². The van der Waals surface area contributed by atoms with E-state index in [2.05, 4.69) is 39.4 Å². The van der Waals surface area contributed by atoms with E-state index >= 15 is 0 Å². The van der Waals surface area contributed by atoms with Gasteiger partial charge in [-0.15, -0.1) is 11.3 Å². The first-order valence-electron chi connectivity index (χ1n) is 5.96. The number of halogens is 2. The van der Waals surface area contributed by atoms with E-state index in [0.29, 0.717) is 0 Å². The van der Waals surface area contributed by atoms with Gasteiger partial charge in [-0.1, -0.05) is 13.0 Å². The molecular weight excluding hydrogens is 376 g/mol. The highest BCUT2D eigenvalue weighted by Crippen LogP contribution is 2.29. The van der Waals surface area contributed by atoms with Crippen molar-refractivity contribution in [3.05, 3.63) is 49.5 Å². The molecule has 0 amide bonds. The highest BCUT2D eigenvalue weighted by Gasteiger charge is 2.16. The van der Waals surface area contributed by atoms with Crippen LogP contribution >= 0.6 is 33.9 Å². The number of nitrogens with one attached hydrogen (secondary N) is 1. The van der Waals surface area contributed by atoms with Crippen molar-refractivity contribution in [3.8, 4) is 5.75 Å². The fourth-order valence-corrected chi connectivity index (χ4v) is 3.37. The second-order valence-corrected chi connectivity index (χ2v) is 6.87. The highest BCUT2D eigenvalue weighted by atomic mass is 127. The smallest absolute Gasteiger partial charge is 0.165 e. The molecule has 0 spiro atoms. The molecule has 2 nitrogen and oxygen atoms in total. The molecule has 0 aliphatic rings. The van der Waals surface area contributed by atoms with E-state index in [0.717, 1.165) is 12.1 Å². The molecule has 1 N–H and O–H groups in total. The molecule has 2 rings (SSSR count). The van der Waals surface area contributed by atoms with Crippen molar-refractivity contribution in [1.82, 2.24) is 5.32 Å². The summed E-state index contributed by atoms with van der Waals surface area (Å²) in [7, 11) is 1.47. The summed E-state index contributed by atoms with van der Waals surface area (Å²) in [6.07, 6.45) is 0. The average Bonchev–Trinajstić information content (AvgIpc) is 2.82. The molecule has 1 aromatic carbocycles. The SMILES string of the molecule is CCNC(c1csc(I)c1)c1ccc(OC)c(F)c1.